The first-order valence-electron chi connectivity index (χ1n) is 4.43. The summed E-state index contributed by atoms with van der Waals surface area (Å²) in [4.78, 5) is 0. The Morgan fingerprint density at radius 2 is 1.75 bits per heavy atom. The van der Waals surface area contributed by atoms with E-state index in [0.29, 0.717) is 11.0 Å². The van der Waals surface area contributed by atoms with E-state index >= 15 is 0 Å². The van der Waals surface area contributed by atoms with Gasteiger partial charge in [-0.05, 0) is 12.1 Å². The third kappa shape index (κ3) is 1.90. The number of imidazole rings is 1. The van der Waals surface area contributed by atoms with Crippen LogP contribution in [0, 0.1) is 0 Å². The third-order valence-corrected chi connectivity index (χ3v) is 2.49. The van der Waals surface area contributed by atoms with Crippen LogP contribution in [0.15, 0.2) is 24.3 Å². The molecule has 1 aromatic carbocycles. The topological polar surface area (TPSA) is 8.81 Å². The molecule has 88 valence electrons. The van der Waals surface area contributed by atoms with Crippen molar-refractivity contribution in [3.8, 4) is 0 Å². The molecule has 16 heavy (non-hydrogen) atoms. The number of alkyl halides is 3. The second kappa shape index (κ2) is 4.23. The number of hydrogen-bond acceptors (Lipinski definition) is 0. The van der Waals surface area contributed by atoms with E-state index in [1.54, 1.807) is 24.3 Å². The minimum atomic E-state index is -4.33. The average molecular weight is 342 g/mol. The normalized spacial score (nSPS) is 11.6. The monoisotopic (exact) mass is 342 g/mol. The highest BCUT2D eigenvalue weighted by atomic mass is 127. The number of aryl methyl sites for hydroxylation is 2. The fraction of sp³-hybridized carbons (Fsp3) is 0.300. The molecular formula is C10H10F3IN2. The number of fused-ring (bicyclic) bond motifs is 1. The number of benzene rings is 1. The Labute approximate surface area is 108 Å². The summed E-state index contributed by atoms with van der Waals surface area (Å²) in [6.07, 6.45) is -4.33. The molecule has 0 bridgehead atoms. The lowest BCUT2D eigenvalue weighted by Crippen LogP contribution is -3.00. The molecule has 0 amide bonds. The van der Waals surface area contributed by atoms with Crippen molar-refractivity contribution in [1.82, 2.24) is 4.57 Å². The van der Waals surface area contributed by atoms with Gasteiger partial charge in [-0.1, -0.05) is 12.1 Å². The van der Waals surface area contributed by atoms with Crippen LogP contribution < -0.4 is 28.5 Å². The molecular weight excluding hydrogens is 332 g/mol. The summed E-state index contributed by atoms with van der Waals surface area (Å²) >= 11 is 0. The lowest BCUT2D eigenvalue weighted by atomic mass is 10.3. The van der Waals surface area contributed by atoms with Crippen LogP contribution in [0.1, 0.15) is 5.82 Å². The van der Waals surface area contributed by atoms with Gasteiger partial charge < -0.3 is 24.0 Å². The molecule has 0 fully saturated rings. The number of aromatic nitrogens is 2. The predicted octanol–water partition coefficient (Wildman–Crippen LogP) is -0.974. The van der Waals surface area contributed by atoms with Crippen molar-refractivity contribution in [2.75, 3.05) is 0 Å². The van der Waals surface area contributed by atoms with E-state index in [-0.39, 0.29) is 24.0 Å². The van der Waals surface area contributed by atoms with E-state index in [0.717, 1.165) is 9.13 Å². The van der Waals surface area contributed by atoms with E-state index < -0.39 is 12.0 Å². The summed E-state index contributed by atoms with van der Waals surface area (Å²) in [6, 6.07) is 6.79. The van der Waals surface area contributed by atoms with E-state index in [1.165, 1.54) is 14.1 Å². The average Bonchev–Trinajstić information content (AvgIpc) is 2.39. The van der Waals surface area contributed by atoms with Crippen molar-refractivity contribution in [2.45, 2.75) is 6.18 Å². The van der Waals surface area contributed by atoms with Crippen molar-refractivity contribution < 1.29 is 41.7 Å². The second-order valence-electron chi connectivity index (χ2n) is 3.43. The molecule has 0 unspecified atom stereocenters. The number of rotatable bonds is 0. The molecule has 0 atom stereocenters. The Kier molecular flexibility index (Phi) is 3.51. The van der Waals surface area contributed by atoms with Gasteiger partial charge in [0.2, 0.25) is 0 Å². The molecule has 2 rings (SSSR count). The van der Waals surface area contributed by atoms with Gasteiger partial charge in [-0.3, -0.25) is 0 Å². The van der Waals surface area contributed by atoms with Gasteiger partial charge in [0, 0.05) is 0 Å². The van der Waals surface area contributed by atoms with Gasteiger partial charge in [0.1, 0.15) is 0 Å². The smallest absolute Gasteiger partial charge is 0.495 e. The molecule has 0 N–H and O–H groups in total. The van der Waals surface area contributed by atoms with Crippen molar-refractivity contribution in [3.05, 3.63) is 30.1 Å². The van der Waals surface area contributed by atoms with Crippen LogP contribution >= 0.6 is 0 Å². The highest BCUT2D eigenvalue weighted by Gasteiger charge is 2.45. The first-order valence-corrected chi connectivity index (χ1v) is 4.43. The number of hydrogen-bond donors (Lipinski definition) is 0. The van der Waals surface area contributed by atoms with Crippen molar-refractivity contribution in [2.24, 2.45) is 14.1 Å². The van der Waals surface area contributed by atoms with Crippen LogP contribution in [0.25, 0.3) is 11.0 Å². The van der Waals surface area contributed by atoms with Gasteiger partial charge in [0.15, 0.2) is 11.0 Å². The van der Waals surface area contributed by atoms with Gasteiger partial charge in [-0.25, -0.2) is 9.13 Å². The predicted molar refractivity (Wildman–Crippen MR) is 49.1 cm³/mol. The Bertz CT molecular complexity index is 477. The van der Waals surface area contributed by atoms with Gasteiger partial charge in [0.05, 0.1) is 14.1 Å². The number of para-hydroxylation sites is 2. The van der Waals surface area contributed by atoms with E-state index in [9.17, 15) is 13.2 Å². The molecule has 2 nitrogen and oxygen atoms in total. The maximum atomic E-state index is 12.7. The summed E-state index contributed by atoms with van der Waals surface area (Å²) < 4.78 is 40.4. The molecule has 0 aliphatic heterocycles. The van der Waals surface area contributed by atoms with Crippen LogP contribution in [0.2, 0.25) is 0 Å². The fourth-order valence-corrected chi connectivity index (χ4v) is 1.86. The Morgan fingerprint density at radius 3 is 2.25 bits per heavy atom. The summed E-state index contributed by atoms with van der Waals surface area (Å²) in [5.74, 6) is -0.649. The summed E-state index contributed by atoms with van der Waals surface area (Å²) in [7, 11) is 2.84. The third-order valence-electron chi connectivity index (χ3n) is 2.49. The molecule has 0 saturated heterocycles. The SMILES string of the molecule is Cn1c(C(F)(F)F)[n+](C)c2ccccc21.[I-]. The highest BCUT2D eigenvalue weighted by Crippen LogP contribution is 2.28. The Balaban J connectivity index is 0.00000128. The van der Waals surface area contributed by atoms with E-state index in [4.69, 9.17) is 0 Å². The molecule has 1 aromatic heterocycles. The summed E-state index contributed by atoms with van der Waals surface area (Å²) in [5, 5.41) is 0. The Morgan fingerprint density at radius 1 is 1.19 bits per heavy atom. The molecule has 1 heterocycles. The zero-order valence-electron chi connectivity index (χ0n) is 8.72. The number of nitrogens with zero attached hydrogens (tertiary/aromatic N) is 2. The molecule has 0 aliphatic rings. The summed E-state index contributed by atoms with van der Waals surface area (Å²) in [6.45, 7) is 0. The first-order chi connectivity index (χ1) is 6.93. The molecule has 0 aliphatic carbocycles. The molecule has 2 aromatic rings. The summed E-state index contributed by atoms with van der Waals surface area (Å²) in [5.41, 5.74) is 1.15. The fourth-order valence-electron chi connectivity index (χ4n) is 1.86. The van der Waals surface area contributed by atoms with E-state index in [1.807, 2.05) is 0 Å². The number of halogens is 4. The van der Waals surface area contributed by atoms with Crippen LogP contribution in [0.4, 0.5) is 13.2 Å². The minimum absolute atomic E-state index is 0. The van der Waals surface area contributed by atoms with Crippen molar-refractivity contribution >= 4 is 11.0 Å². The molecule has 0 radical (unpaired) electrons. The quantitative estimate of drug-likeness (QED) is 0.430. The van der Waals surface area contributed by atoms with Crippen LogP contribution in [-0.4, -0.2) is 4.57 Å². The van der Waals surface area contributed by atoms with Crippen LogP contribution in [0.5, 0.6) is 0 Å². The Hall–Kier alpha value is -0.790. The second-order valence-corrected chi connectivity index (χ2v) is 3.43. The lowest BCUT2D eigenvalue weighted by Gasteiger charge is -2.01. The van der Waals surface area contributed by atoms with Crippen LogP contribution in [0.3, 0.4) is 0 Å². The van der Waals surface area contributed by atoms with Crippen molar-refractivity contribution in [3.63, 3.8) is 0 Å². The maximum Gasteiger partial charge on any atom is 0.495 e. The largest absolute Gasteiger partial charge is 1.00 e. The lowest BCUT2D eigenvalue weighted by molar-refractivity contribution is -0.667. The minimum Gasteiger partial charge on any atom is -1.00 e. The van der Waals surface area contributed by atoms with E-state index in [2.05, 4.69) is 0 Å². The van der Waals surface area contributed by atoms with Gasteiger partial charge in [0.25, 0.3) is 0 Å². The maximum absolute atomic E-state index is 12.7. The molecule has 0 saturated carbocycles. The van der Waals surface area contributed by atoms with Crippen molar-refractivity contribution in [1.29, 1.82) is 0 Å². The standard InChI is InChI=1S/C10H10F3N2.HI/c1-14-7-5-3-4-6-8(7)15(2)9(14)10(11,12)13;/h3-6H,1-2H3;1H/q+1;/p-1. The van der Waals surface area contributed by atoms with Gasteiger partial charge in [-0.2, -0.15) is 13.2 Å². The zero-order valence-corrected chi connectivity index (χ0v) is 10.9. The van der Waals surface area contributed by atoms with Gasteiger partial charge in [-0.15, -0.1) is 0 Å². The van der Waals surface area contributed by atoms with Gasteiger partial charge >= 0.3 is 12.0 Å². The van der Waals surface area contributed by atoms with Crippen LogP contribution in [-0.2, 0) is 20.3 Å². The highest BCUT2D eigenvalue weighted by molar-refractivity contribution is 5.72. The first kappa shape index (κ1) is 13.3. The molecule has 0 spiro atoms. The zero-order chi connectivity index (χ0) is 11.2. The molecule has 6 heteroatoms.